The van der Waals surface area contributed by atoms with E-state index >= 15 is 0 Å². The van der Waals surface area contributed by atoms with Crippen molar-refractivity contribution in [1.29, 1.82) is 0 Å². The Morgan fingerprint density at radius 2 is 2.00 bits per heavy atom. The average Bonchev–Trinajstić information content (AvgIpc) is 2.23. The molecule has 0 amide bonds. The first-order valence-electron chi connectivity index (χ1n) is 6.06. The number of aliphatic hydroxyl groups excluding tert-OH is 1. The minimum atomic E-state index is -0.565. The summed E-state index contributed by atoms with van der Waals surface area (Å²) in [5.74, 6) is -0.0170. The van der Waals surface area contributed by atoms with Crippen LogP contribution in [0.15, 0.2) is 35.5 Å². The van der Waals surface area contributed by atoms with Gasteiger partial charge in [-0.3, -0.25) is 4.79 Å². The van der Waals surface area contributed by atoms with Crippen molar-refractivity contribution in [1.82, 2.24) is 0 Å². The first-order chi connectivity index (χ1) is 7.80. The van der Waals surface area contributed by atoms with Crippen molar-refractivity contribution in [3.05, 3.63) is 35.5 Å². The molecule has 0 fully saturated rings. The van der Waals surface area contributed by atoms with Crippen LogP contribution in [0.2, 0.25) is 0 Å². The molecule has 0 saturated heterocycles. The molecule has 1 aliphatic carbocycles. The summed E-state index contributed by atoms with van der Waals surface area (Å²) in [6.45, 7) is 7.98. The van der Waals surface area contributed by atoms with Crippen LogP contribution in [0.1, 0.15) is 40.5 Å². The Morgan fingerprint density at radius 3 is 2.65 bits per heavy atom. The molecular weight excluding hydrogens is 212 g/mol. The van der Waals surface area contributed by atoms with Crippen LogP contribution in [0.25, 0.3) is 0 Å². The van der Waals surface area contributed by atoms with E-state index in [1.807, 2.05) is 13.0 Å². The lowest BCUT2D eigenvalue weighted by molar-refractivity contribution is -0.111. The molecule has 0 spiro atoms. The normalized spacial score (nSPS) is 30.9. The summed E-state index contributed by atoms with van der Waals surface area (Å²) in [6, 6.07) is 0. The predicted molar refractivity (Wildman–Crippen MR) is 70.7 cm³/mol. The third kappa shape index (κ3) is 4.70. The zero-order valence-electron chi connectivity index (χ0n) is 11.2. The van der Waals surface area contributed by atoms with Crippen LogP contribution in [-0.2, 0) is 4.79 Å². The molecule has 1 rings (SSSR count). The molecule has 0 saturated carbocycles. The van der Waals surface area contributed by atoms with Crippen LogP contribution in [0.4, 0.5) is 0 Å². The fourth-order valence-electron chi connectivity index (χ4n) is 1.78. The molecule has 0 aromatic rings. The van der Waals surface area contributed by atoms with Gasteiger partial charge in [0.2, 0.25) is 0 Å². The highest BCUT2D eigenvalue weighted by Crippen LogP contribution is 2.25. The van der Waals surface area contributed by atoms with Crippen LogP contribution in [0.3, 0.4) is 0 Å². The number of rotatable bonds is 0. The van der Waals surface area contributed by atoms with Crippen molar-refractivity contribution in [2.75, 3.05) is 0 Å². The summed E-state index contributed by atoms with van der Waals surface area (Å²) >= 11 is 0. The largest absolute Gasteiger partial charge is 0.389 e. The molecule has 17 heavy (non-hydrogen) atoms. The van der Waals surface area contributed by atoms with Crippen LogP contribution < -0.4 is 0 Å². The van der Waals surface area contributed by atoms with Crippen LogP contribution in [0.5, 0.6) is 0 Å². The maximum atomic E-state index is 11.8. The van der Waals surface area contributed by atoms with Gasteiger partial charge in [-0.25, -0.2) is 0 Å². The smallest absolute Gasteiger partial charge is 0.181 e. The molecule has 0 aromatic heterocycles. The number of carbonyl (C=O) groups is 1. The molecule has 2 heteroatoms. The van der Waals surface area contributed by atoms with Gasteiger partial charge >= 0.3 is 0 Å². The topological polar surface area (TPSA) is 37.3 Å². The molecule has 0 aromatic carbocycles. The molecule has 2 nitrogen and oxygen atoms in total. The van der Waals surface area contributed by atoms with Crippen LogP contribution in [0, 0.1) is 5.41 Å². The zero-order chi connectivity index (χ0) is 13.1. The maximum Gasteiger partial charge on any atom is 0.181 e. The third-order valence-corrected chi connectivity index (χ3v) is 3.02. The Hall–Kier alpha value is -1.15. The highest BCUT2D eigenvalue weighted by molar-refractivity contribution is 6.03. The monoisotopic (exact) mass is 234 g/mol. The standard InChI is InChI=1S/C15H22O2/c1-11-5-7-15(3,4)8-6-14(17)12(2)10-13(16)9-11/h5-6,8,10,13,16H,7,9H2,1-4H3/b8-6-,11-5?,12-10+/t13-/m1/s1. The van der Waals surface area contributed by atoms with E-state index in [9.17, 15) is 9.90 Å². The molecule has 0 heterocycles. The van der Waals surface area contributed by atoms with Gasteiger partial charge in [0.1, 0.15) is 0 Å². The third-order valence-electron chi connectivity index (χ3n) is 3.02. The summed E-state index contributed by atoms with van der Waals surface area (Å²) in [7, 11) is 0. The first-order valence-corrected chi connectivity index (χ1v) is 6.06. The Labute approximate surface area is 104 Å². The second kappa shape index (κ2) is 5.46. The fraction of sp³-hybridized carbons (Fsp3) is 0.533. The van der Waals surface area contributed by atoms with E-state index in [4.69, 9.17) is 0 Å². The Morgan fingerprint density at radius 1 is 1.35 bits per heavy atom. The Bertz CT molecular complexity index is 384. The second-order valence-electron chi connectivity index (χ2n) is 5.56. The minimum absolute atomic E-state index is 0.0170. The molecule has 0 bridgehead atoms. The minimum Gasteiger partial charge on any atom is -0.389 e. The van der Waals surface area contributed by atoms with Crippen molar-refractivity contribution in [3.63, 3.8) is 0 Å². The van der Waals surface area contributed by atoms with Gasteiger partial charge in [-0.05, 0) is 49.8 Å². The number of aliphatic hydroxyl groups is 1. The molecule has 0 radical (unpaired) electrons. The van der Waals surface area contributed by atoms with E-state index in [0.29, 0.717) is 12.0 Å². The molecular formula is C15H22O2. The lowest BCUT2D eigenvalue weighted by atomic mass is 9.87. The predicted octanol–water partition coefficient (Wildman–Crippen LogP) is 3.19. The quantitative estimate of drug-likeness (QED) is 0.654. The molecule has 1 atom stereocenters. The van der Waals surface area contributed by atoms with Crippen LogP contribution >= 0.6 is 0 Å². The molecule has 94 valence electrons. The fourth-order valence-corrected chi connectivity index (χ4v) is 1.78. The molecule has 1 N–H and O–H groups in total. The van der Waals surface area contributed by atoms with Crippen molar-refractivity contribution >= 4 is 5.78 Å². The number of hydrogen-bond acceptors (Lipinski definition) is 2. The molecule has 0 aliphatic heterocycles. The number of hydrogen-bond donors (Lipinski definition) is 1. The van der Waals surface area contributed by atoms with Crippen molar-refractivity contribution in [2.45, 2.75) is 46.6 Å². The maximum absolute atomic E-state index is 11.8. The van der Waals surface area contributed by atoms with Crippen molar-refractivity contribution in [2.24, 2.45) is 5.41 Å². The van der Waals surface area contributed by atoms with Gasteiger partial charge in [0, 0.05) is 0 Å². The van der Waals surface area contributed by atoms with Crippen LogP contribution in [-0.4, -0.2) is 17.0 Å². The SMILES string of the molecule is CC1=CCC(C)(C)/C=C\C(=O)/C(C)=C/[C@H](O)C1. The summed E-state index contributed by atoms with van der Waals surface area (Å²) in [5, 5.41) is 9.82. The summed E-state index contributed by atoms with van der Waals surface area (Å²) < 4.78 is 0. The van der Waals surface area contributed by atoms with E-state index in [1.165, 1.54) is 0 Å². The van der Waals surface area contributed by atoms with Gasteiger partial charge in [-0.1, -0.05) is 31.6 Å². The average molecular weight is 234 g/mol. The molecule has 1 aliphatic rings. The summed E-state index contributed by atoms with van der Waals surface area (Å²) in [4.78, 5) is 11.8. The number of ketones is 1. The van der Waals surface area contributed by atoms with E-state index in [1.54, 1.807) is 19.1 Å². The lowest BCUT2D eigenvalue weighted by Gasteiger charge is -2.18. The van der Waals surface area contributed by atoms with Gasteiger partial charge in [0.15, 0.2) is 5.78 Å². The van der Waals surface area contributed by atoms with Gasteiger partial charge in [-0.2, -0.15) is 0 Å². The van der Waals surface area contributed by atoms with Gasteiger partial charge in [0.05, 0.1) is 6.10 Å². The highest BCUT2D eigenvalue weighted by Gasteiger charge is 2.15. The number of allylic oxidation sites excluding steroid dienone is 4. The lowest BCUT2D eigenvalue weighted by Crippen LogP contribution is -2.07. The van der Waals surface area contributed by atoms with Gasteiger partial charge < -0.3 is 5.11 Å². The molecule has 0 unspecified atom stereocenters. The number of carbonyl (C=O) groups excluding carboxylic acids is 1. The second-order valence-corrected chi connectivity index (χ2v) is 5.56. The zero-order valence-corrected chi connectivity index (χ0v) is 11.2. The van der Waals surface area contributed by atoms with Gasteiger partial charge in [-0.15, -0.1) is 0 Å². The van der Waals surface area contributed by atoms with Crippen molar-refractivity contribution in [3.8, 4) is 0 Å². The first kappa shape index (κ1) is 13.9. The Kier molecular flexibility index (Phi) is 4.47. The van der Waals surface area contributed by atoms with E-state index in [-0.39, 0.29) is 11.2 Å². The highest BCUT2D eigenvalue weighted by atomic mass is 16.3. The van der Waals surface area contributed by atoms with E-state index < -0.39 is 6.10 Å². The Balaban J connectivity index is 3.05. The van der Waals surface area contributed by atoms with Crippen molar-refractivity contribution < 1.29 is 9.90 Å². The summed E-state index contributed by atoms with van der Waals surface area (Å²) in [5.41, 5.74) is 1.75. The van der Waals surface area contributed by atoms with E-state index in [2.05, 4.69) is 19.9 Å². The summed E-state index contributed by atoms with van der Waals surface area (Å²) in [6.07, 6.45) is 8.27. The van der Waals surface area contributed by atoms with Gasteiger partial charge in [0.25, 0.3) is 0 Å². The van der Waals surface area contributed by atoms with E-state index in [0.717, 1.165) is 12.0 Å².